The summed E-state index contributed by atoms with van der Waals surface area (Å²) in [5, 5.41) is 3.84. The van der Waals surface area contributed by atoms with Crippen LogP contribution < -0.4 is 10.1 Å². The molecule has 3 aromatic rings. The molecule has 1 atom stereocenters. The summed E-state index contributed by atoms with van der Waals surface area (Å²) in [5.41, 5.74) is 3.72. The lowest BCUT2D eigenvalue weighted by Crippen LogP contribution is -2.45. The van der Waals surface area contributed by atoms with E-state index in [2.05, 4.69) is 10.3 Å². The molecule has 0 spiro atoms. The smallest absolute Gasteiger partial charge is 0.248 e. The Hall–Kier alpha value is -2.84. The predicted octanol–water partition coefficient (Wildman–Crippen LogP) is 4.52. The van der Waals surface area contributed by atoms with E-state index in [9.17, 15) is 9.59 Å². The van der Waals surface area contributed by atoms with Crippen LogP contribution >= 0.6 is 23.1 Å². The van der Waals surface area contributed by atoms with Crippen molar-refractivity contribution in [2.24, 2.45) is 0 Å². The second kappa shape index (κ2) is 9.75. The summed E-state index contributed by atoms with van der Waals surface area (Å²) in [7, 11) is 1.60. The summed E-state index contributed by atoms with van der Waals surface area (Å²) in [4.78, 5) is 33.4. The number of amides is 2. The zero-order valence-electron chi connectivity index (χ0n) is 18.3. The Bertz CT molecular complexity index is 1110. The Labute approximate surface area is 196 Å². The second-order valence-corrected chi connectivity index (χ2v) is 9.93. The van der Waals surface area contributed by atoms with Gasteiger partial charge in [-0.2, -0.15) is 0 Å². The van der Waals surface area contributed by atoms with Crippen molar-refractivity contribution in [1.82, 2.24) is 9.88 Å². The first kappa shape index (κ1) is 22.4. The molecule has 4 rings (SSSR count). The number of nitrogens with zero attached hydrogens (tertiary/aromatic N) is 2. The summed E-state index contributed by atoms with van der Waals surface area (Å²) in [6.45, 7) is 4.00. The highest BCUT2D eigenvalue weighted by Crippen LogP contribution is 2.31. The molecule has 0 saturated carbocycles. The molecule has 0 bridgehead atoms. The predicted molar refractivity (Wildman–Crippen MR) is 130 cm³/mol. The molecule has 166 valence electrons. The SMILES string of the molecule is COc1ccc(NC(=O)C2CSCN2C(=O)Cc2sc(C)nc2-c2ccc(C)cc2)cc1. The van der Waals surface area contributed by atoms with Crippen molar-refractivity contribution < 1.29 is 14.3 Å². The minimum atomic E-state index is -0.494. The maximum Gasteiger partial charge on any atom is 0.248 e. The number of rotatable bonds is 6. The molecule has 6 nitrogen and oxygen atoms in total. The van der Waals surface area contributed by atoms with Gasteiger partial charge in [-0.05, 0) is 38.1 Å². The number of hydrogen-bond acceptors (Lipinski definition) is 6. The molecule has 1 aliphatic rings. The molecule has 32 heavy (non-hydrogen) atoms. The average Bonchev–Trinajstić information content (AvgIpc) is 3.42. The number of aryl methyl sites for hydroxylation is 2. The van der Waals surface area contributed by atoms with E-state index < -0.39 is 6.04 Å². The molecule has 1 aromatic heterocycles. The minimum absolute atomic E-state index is 0.0538. The summed E-state index contributed by atoms with van der Waals surface area (Å²) in [6, 6.07) is 14.8. The minimum Gasteiger partial charge on any atom is -0.497 e. The Morgan fingerprint density at radius 3 is 2.53 bits per heavy atom. The number of carbonyl (C=O) groups is 2. The summed E-state index contributed by atoms with van der Waals surface area (Å²) < 4.78 is 5.16. The summed E-state index contributed by atoms with van der Waals surface area (Å²) >= 11 is 3.13. The molecular formula is C24H25N3O3S2. The van der Waals surface area contributed by atoms with Crippen LogP contribution in [0.1, 0.15) is 15.4 Å². The lowest BCUT2D eigenvalue weighted by Gasteiger charge is -2.23. The van der Waals surface area contributed by atoms with E-state index in [1.165, 1.54) is 16.9 Å². The molecule has 1 saturated heterocycles. The normalized spacial score (nSPS) is 15.6. The average molecular weight is 468 g/mol. The van der Waals surface area contributed by atoms with Gasteiger partial charge in [0, 0.05) is 21.9 Å². The highest BCUT2D eigenvalue weighted by atomic mass is 32.2. The van der Waals surface area contributed by atoms with Gasteiger partial charge in [0.2, 0.25) is 11.8 Å². The largest absolute Gasteiger partial charge is 0.497 e. The molecular weight excluding hydrogens is 442 g/mol. The summed E-state index contributed by atoms with van der Waals surface area (Å²) in [5.74, 6) is 1.59. The number of benzene rings is 2. The fourth-order valence-corrected chi connectivity index (χ4v) is 5.70. The van der Waals surface area contributed by atoms with Crippen LogP contribution in [0.4, 0.5) is 5.69 Å². The lowest BCUT2D eigenvalue weighted by atomic mass is 10.1. The zero-order valence-corrected chi connectivity index (χ0v) is 19.9. The number of thioether (sulfide) groups is 1. The molecule has 1 aliphatic heterocycles. The number of nitrogens with one attached hydrogen (secondary N) is 1. The van der Waals surface area contributed by atoms with E-state index in [1.807, 2.05) is 38.1 Å². The van der Waals surface area contributed by atoms with Gasteiger partial charge in [-0.15, -0.1) is 23.1 Å². The quantitative estimate of drug-likeness (QED) is 0.577. The van der Waals surface area contributed by atoms with Gasteiger partial charge in [0.15, 0.2) is 0 Å². The highest BCUT2D eigenvalue weighted by Gasteiger charge is 2.35. The van der Waals surface area contributed by atoms with Gasteiger partial charge in [-0.1, -0.05) is 29.8 Å². The van der Waals surface area contributed by atoms with Gasteiger partial charge in [0.1, 0.15) is 11.8 Å². The lowest BCUT2D eigenvalue weighted by molar-refractivity contribution is -0.135. The van der Waals surface area contributed by atoms with E-state index in [0.29, 0.717) is 17.3 Å². The van der Waals surface area contributed by atoms with Crippen molar-refractivity contribution in [1.29, 1.82) is 0 Å². The van der Waals surface area contributed by atoms with Crippen molar-refractivity contribution >= 4 is 40.6 Å². The van der Waals surface area contributed by atoms with Crippen LogP contribution in [0.15, 0.2) is 48.5 Å². The number of thiazole rings is 1. The topological polar surface area (TPSA) is 71.5 Å². The monoisotopic (exact) mass is 467 g/mol. The van der Waals surface area contributed by atoms with Crippen LogP contribution in [-0.2, 0) is 16.0 Å². The molecule has 1 fully saturated rings. The van der Waals surface area contributed by atoms with Gasteiger partial charge in [0.25, 0.3) is 0 Å². The fourth-order valence-electron chi connectivity index (χ4n) is 3.57. The Morgan fingerprint density at radius 1 is 1.12 bits per heavy atom. The van der Waals surface area contributed by atoms with Crippen molar-refractivity contribution in [3.05, 3.63) is 64.0 Å². The van der Waals surface area contributed by atoms with E-state index in [0.717, 1.165) is 26.9 Å². The number of carbonyl (C=O) groups excluding carboxylic acids is 2. The molecule has 2 aromatic carbocycles. The van der Waals surface area contributed by atoms with Gasteiger partial charge in [-0.25, -0.2) is 4.98 Å². The standard InChI is InChI=1S/C24H25N3O3S2/c1-15-4-6-17(7-5-15)23-21(32-16(2)25-23)12-22(28)27-14-31-13-20(27)24(29)26-18-8-10-19(30-3)11-9-18/h4-11,20H,12-14H2,1-3H3,(H,26,29). The van der Waals surface area contributed by atoms with E-state index in [1.54, 1.807) is 48.0 Å². The third kappa shape index (κ3) is 4.97. The third-order valence-electron chi connectivity index (χ3n) is 5.30. The molecule has 0 aliphatic carbocycles. The zero-order chi connectivity index (χ0) is 22.7. The Kier molecular flexibility index (Phi) is 6.81. The van der Waals surface area contributed by atoms with Gasteiger partial charge in [0.05, 0.1) is 30.1 Å². The molecule has 2 amide bonds. The molecule has 2 heterocycles. The van der Waals surface area contributed by atoms with Gasteiger partial charge < -0.3 is 15.0 Å². The number of methoxy groups -OCH3 is 1. The van der Waals surface area contributed by atoms with Crippen molar-refractivity contribution in [2.75, 3.05) is 24.1 Å². The van der Waals surface area contributed by atoms with Crippen LogP contribution in [0, 0.1) is 13.8 Å². The maximum atomic E-state index is 13.2. The maximum absolute atomic E-state index is 13.2. The molecule has 1 N–H and O–H groups in total. The van der Waals surface area contributed by atoms with Gasteiger partial charge in [-0.3, -0.25) is 9.59 Å². The first-order valence-corrected chi connectivity index (χ1v) is 12.3. The third-order valence-corrected chi connectivity index (χ3v) is 7.29. The highest BCUT2D eigenvalue weighted by molar-refractivity contribution is 7.99. The molecule has 1 unspecified atom stereocenters. The van der Waals surface area contributed by atoms with E-state index in [-0.39, 0.29) is 18.2 Å². The molecule has 8 heteroatoms. The van der Waals surface area contributed by atoms with Crippen LogP contribution in [0.3, 0.4) is 0 Å². The number of hydrogen-bond donors (Lipinski definition) is 1. The van der Waals surface area contributed by atoms with Crippen LogP contribution in [0.25, 0.3) is 11.3 Å². The first-order chi connectivity index (χ1) is 15.4. The number of anilines is 1. The second-order valence-electron chi connectivity index (χ2n) is 7.64. The van der Waals surface area contributed by atoms with E-state index >= 15 is 0 Å². The van der Waals surface area contributed by atoms with Crippen LogP contribution in [0.5, 0.6) is 5.75 Å². The van der Waals surface area contributed by atoms with Crippen LogP contribution in [0.2, 0.25) is 0 Å². The Morgan fingerprint density at radius 2 is 1.84 bits per heavy atom. The van der Waals surface area contributed by atoms with Crippen molar-refractivity contribution in [3.8, 4) is 17.0 Å². The van der Waals surface area contributed by atoms with E-state index in [4.69, 9.17) is 4.74 Å². The van der Waals surface area contributed by atoms with Crippen molar-refractivity contribution in [2.45, 2.75) is 26.3 Å². The van der Waals surface area contributed by atoms with Gasteiger partial charge >= 0.3 is 0 Å². The van der Waals surface area contributed by atoms with Crippen molar-refractivity contribution in [3.63, 3.8) is 0 Å². The molecule has 0 radical (unpaired) electrons. The first-order valence-electron chi connectivity index (χ1n) is 10.3. The summed E-state index contributed by atoms with van der Waals surface area (Å²) in [6.07, 6.45) is 0.238. The fraction of sp³-hybridized carbons (Fsp3) is 0.292. The number of ether oxygens (including phenoxy) is 1. The number of aromatic nitrogens is 1. The van der Waals surface area contributed by atoms with Crippen LogP contribution in [-0.4, -0.2) is 46.5 Å². The Balaban J connectivity index is 1.47.